The summed E-state index contributed by atoms with van der Waals surface area (Å²) in [6, 6.07) is 5.17. The van der Waals surface area contributed by atoms with Crippen LogP contribution in [0.5, 0.6) is 0 Å². The molecule has 4 atom stereocenters. The predicted molar refractivity (Wildman–Crippen MR) is 115 cm³/mol. The second kappa shape index (κ2) is 9.16. The minimum absolute atomic E-state index is 0.0529. The van der Waals surface area contributed by atoms with Gasteiger partial charge in [0.25, 0.3) is 5.91 Å². The standard InChI is InChI=1S/C23H33N3O4/c1-13(2)7-22(29)25-19-8-16(6-5-14(19)3)23(30)26-11-17-9-20(24-15(4)27)21(28)10-18(17)12-26/h5-6,8,13,17-18,20-21,28H,7,9-12H2,1-4H3,(H,24,27)(H,25,29)/t17-,18+,20-,21-/m1/s1. The van der Waals surface area contributed by atoms with E-state index in [-0.39, 0.29) is 41.5 Å². The number of carbonyl (C=O) groups excluding carboxylic acids is 3. The third-order valence-electron chi connectivity index (χ3n) is 6.17. The first-order valence-corrected chi connectivity index (χ1v) is 10.8. The number of rotatable bonds is 5. The molecule has 0 unspecified atom stereocenters. The summed E-state index contributed by atoms with van der Waals surface area (Å²) in [5.41, 5.74) is 2.14. The van der Waals surface area contributed by atoms with Crippen LogP contribution < -0.4 is 10.6 Å². The summed E-state index contributed by atoms with van der Waals surface area (Å²) in [4.78, 5) is 38.5. The van der Waals surface area contributed by atoms with Gasteiger partial charge in [0, 0.05) is 37.7 Å². The smallest absolute Gasteiger partial charge is 0.253 e. The average Bonchev–Trinajstić information content (AvgIpc) is 3.04. The fourth-order valence-electron chi connectivity index (χ4n) is 4.66. The van der Waals surface area contributed by atoms with Crippen LogP contribution in [0.4, 0.5) is 5.69 Å². The molecule has 1 heterocycles. The number of carbonyl (C=O) groups is 3. The maximum absolute atomic E-state index is 13.1. The molecule has 3 amide bonds. The molecule has 3 rings (SSSR count). The highest BCUT2D eigenvalue weighted by atomic mass is 16.3. The van der Waals surface area contributed by atoms with Gasteiger partial charge in [0.15, 0.2) is 0 Å². The minimum Gasteiger partial charge on any atom is -0.391 e. The Labute approximate surface area is 178 Å². The fraction of sp³-hybridized carbons (Fsp3) is 0.609. The summed E-state index contributed by atoms with van der Waals surface area (Å²) in [7, 11) is 0. The van der Waals surface area contributed by atoms with Gasteiger partial charge in [-0.2, -0.15) is 0 Å². The molecule has 7 nitrogen and oxygen atoms in total. The van der Waals surface area contributed by atoms with E-state index in [1.54, 1.807) is 12.1 Å². The predicted octanol–water partition coefficient (Wildman–Crippen LogP) is 2.33. The van der Waals surface area contributed by atoms with Gasteiger partial charge in [-0.1, -0.05) is 19.9 Å². The lowest BCUT2D eigenvalue weighted by atomic mass is 9.77. The molecule has 1 aliphatic heterocycles. The highest BCUT2D eigenvalue weighted by molar-refractivity contribution is 5.98. The Morgan fingerprint density at radius 3 is 2.47 bits per heavy atom. The van der Waals surface area contributed by atoms with Gasteiger partial charge in [-0.15, -0.1) is 0 Å². The van der Waals surface area contributed by atoms with Crippen molar-refractivity contribution >= 4 is 23.4 Å². The second-order valence-corrected chi connectivity index (χ2v) is 9.25. The maximum Gasteiger partial charge on any atom is 0.253 e. The van der Waals surface area contributed by atoms with Crippen LogP contribution in [0.25, 0.3) is 0 Å². The number of hydrogen-bond donors (Lipinski definition) is 3. The van der Waals surface area contributed by atoms with Crippen LogP contribution in [0, 0.1) is 24.7 Å². The van der Waals surface area contributed by atoms with E-state index in [0.717, 1.165) is 5.56 Å². The molecule has 0 aromatic heterocycles. The van der Waals surface area contributed by atoms with Crippen molar-refractivity contribution in [2.24, 2.45) is 17.8 Å². The molecular formula is C23H33N3O4. The van der Waals surface area contributed by atoms with Crippen molar-refractivity contribution in [2.45, 2.75) is 59.1 Å². The zero-order chi connectivity index (χ0) is 22.0. The number of benzene rings is 1. The van der Waals surface area contributed by atoms with E-state index in [4.69, 9.17) is 0 Å². The number of aliphatic hydroxyl groups is 1. The van der Waals surface area contributed by atoms with E-state index >= 15 is 0 Å². The van der Waals surface area contributed by atoms with Crippen molar-refractivity contribution in [3.63, 3.8) is 0 Å². The van der Waals surface area contributed by atoms with Crippen LogP contribution in [0.1, 0.15) is 56.0 Å². The summed E-state index contributed by atoms with van der Waals surface area (Å²) >= 11 is 0. The van der Waals surface area contributed by atoms with Gasteiger partial charge in [0.05, 0.1) is 12.1 Å². The van der Waals surface area contributed by atoms with Crippen molar-refractivity contribution in [3.05, 3.63) is 29.3 Å². The van der Waals surface area contributed by atoms with Gasteiger partial charge in [0.1, 0.15) is 0 Å². The third kappa shape index (κ3) is 5.19. The zero-order valence-electron chi connectivity index (χ0n) is 18.3. The maximum atomic E-state index is 13.1. The average molecular weight is 416 g/mol. The zero-order valence-corrected chi connectivity index (χ0v) is 18.3. The molecule has 0 bridgehead atoms. The number of nitrogens with one attached hydrogen (secondary N) is 2. The number of fused-ring (bicyclic) bond motifs is 1. The van der Waals surface area contributed by atoms with Crippen LogP contribution in [0.2, 0.25) is 0 Å². The minimum atomic E-state index is -0.577. The van der Waals surface area contributed by atoms with Crippen molar-refractivity contribution in [1.82, 2.24) is 10.2 Å². The lowest BCUT2D eigenvalue weighted by molar-refractivity contribution is -0.121. The molecule has 3 N–H and O–H groups in total. The molecule has 0 spiro atoms. The van der Waals surface area contributed by atoms with Gasteiger partial charge >= 0.3 is 0 Å². The summed E-state index contributed by atoms with van der Waals surface area (Å²) in [6.45, 7) is 8.58. The molecule has 7 heteroatoms. The molecule has 30 heavy (non-hydrogen) atoms. The van der Waals surface area contributed by atoms with Gasteiger partial charge in [0.2, 0.25) is 11.8 Å². The Morgan fingerprint density at radius 2 is 1.83 bits per heavy atom. The summed E-state index contributed by atoms with van der Waals surface area (Å²) < 4.78 is 0. The van der Waals surface area contributed by atoms with Crippen molar-refractivity contribution in [2.75, 3.05) is 18.4 Å². The number of aliphatic hydroxyl groups excluding tert-OH is 1. The fourth-order valence-corrected chi connectivity index (χ4v) is 4.66. The van der Waals surface area contributed by atoms with E-state index < -0.39 is 6.10 Å². The summed E-state index contributed by atoms with van der Waals surface area (Å²) in [5.74, 6) is 0.515. The normalized spacial score (nSPS) is 25.7. The Hall–Kier alpha value is -2.41. The first-order valence-electron chi connectivity index (χ1n) is 10.8. The molecule has 1 saturated heterocycles. The van der Waals surface area contributed by atoms with E-state index in [0.29, 0.717) is 43.6 Å². The second-order valence-electron chi connectivity index (χ2n) is 9.25. The number of aryl methyl sites for hydroxylation is 1. The molecule has 1 aromatic carbocycles. The van der Waals surface area contributed by atoms with E-state index in [9.17, 15) is 19.5 Å². The van der Waals surface area contributed by atoms with Crippen LogP contribution in [0.15, 0.2) is 18.2 Å². The van der Waals surface area contributed by atoms with Crippen LogP contribution >= 0.6 is 0 Å². The first kappa shape index (κ1) is 22.3. The number of hydrogen-bond acceptors (Lipinski definition) is 4. The SMILES string of the molecule is CC(=O)N[C@@H]1C[C@@H]2CN(C(=O)c3ccc(C)c(NC(=O)CC(C)C)c3)C[C@@H]2C[C@H]1O. The Bertz CT molecular complexity index is 823. The van der Waals surface area contributed by atoms with Crippen LogP contribution in [0.3, 0.4) is 0 Å². The molecule has 164 valence electrons. The van der Waals surface area contributed by atoms with Crippen molar-refractivity contribution < 1.29 is 19.5 Å². The quantitative estimate of drug-likeness (QED) is 0.687. The molecule has 2 aliphatic rings. The van der Waals surface area contributed by atoms with Crippen LogP contribution in [-0.2, 0) is 9.59 Å². The summed E-state index contributed by atoms with van der Waals surface area (Å²) in [5, 5.41) is 16.1. The van der Waals surface area contributed by atoms with E-state index in [2.05, 4.69) is 10.6 Å². The molecule has 2 fully saturated rings. The topological polar surface area (TPSA) is 98.7 Å². The van der Waals surface area contributed by atoms with Gasteiger partial charge in [-0.05, 0) is 55.2 Å². The summed E-state index contributed by atoms with van der Waals surface area (Å²) in [6.07, 6.45) is 1.13. The highest BCUT2D eigenvalue weighted by Gasteiger charge is 2.43. The van der Waals surface area contributed by atoms with Crippen molar-refractivity contribution in [1.29, 1.82) is 0 Å². The van der Waals surface area contributed by atoms with E-state index in [1.807, 2.05) is 31.7 Å². The van der Waals surface area contributed by atoms with Gasteiger partial charge in [-0.25, -0.2) is 0 Å². The first-order chi connectivity index (χ1) is 14.1. The third-order valence-corrected chi connectivity index (χ3v) is 6.17. The number of nitrogens with zero attached hydrogens (tertiary/aromatic N) is 1. The van der Waals surface area contributed by atoms with E-state index in [1.165, 1.54) is 6.92 Å². The highest BCUT2D eigenvalue weighted by Crippen LogP contribution is 2.37. The Morgan fingerprint density at radius 1 is 1.17 bits per heavy atom. The Balaban J connectivity index is 1.68. The van der Waals surface area contributed by atoms with Gasteiger partial charge < -0.3 is 20.6 Å². The molecular weight excluding hydrogens is 382 g/mol. The molecule has 1 saturated carbocycles. The lowest BCUT2D eigenvalue weighted by Gasteiger charge is -2.35. The van der Waals surface area contributed by atoms with Gasteiger partial charge in [-0.3, -0.25) is 14.4 Å². The number of likely N-dealkylation sites (tertiary alicyclic amines) is 1. The largest absolute Gasteiger partial charge is 0.391 e. The van der Waals surface area contributed by atoms with Crippen LogP contribution in [-0.4, -0.2) is 53.0 Å². The number of anilines is 1. The lowest BCUT2D eigenvalue weighted by Crippen LogP contribution is -2.48. The molecule has 1 aliphatic carbocycles. The van der Waals surface area contributed by atoms with Crippen molar-refractivity contribution in [3.8, 4) is 0 Å². The molecule has 0 radical (unpaired) electrons. The molecule has 1 aromatic rings. The number of amides is 3. The monoisotopic (exact) mass is 415 g/mol. The Kier molecular flexibility index (Phi) is 6.81.